The highest BCUT2D eigenvalue weighted by atomic mass is 16.7. The average molecular weight is 350 g/mol. The molecule has 2 saturated carbocycles. The number of hydrogen-bond acceptors (Lipinski definition) is 3. The van der Waals surface area contributed by atoms with Crippen molar-refractivity contribution in [2.45, 2.75) is 116 Å². The first kappa shape index (κ1) is 20.7. The van der Waals surface area contributed by atoms with Gasteiger partial charge in [0.05, 0.1) is 23.7 Å². The van der Waals surface area contributed by atoms with Crippen LogP contribution in [0.5, 0.6) is 0 Å². The second kappa shape index (κ2) is 11.2. The lowest BCUT2D eigenvalue weighted by Gasteiger charge is -2.35. The van der Waals surface area contributed by atoms with Crippen molar-refractivity contribution >= 4 is 0 Å². The Morgan fingerprint density at radius 1 is 0.880 bits per heavy atom. The van der Waals surface area contributed by atoms with Crippen LogP contribution in [0.4, 0.5) is 0 Å². The van der Waals surface area contributed by atoms with E-state index in [1.807, 2.05) is 0 Å². The molecule has 0 N–H and O–H groups in total. The summed E-state index contributed by atoms with van der Waals surface area (Å²) in [6, 6.07) is 2.63. The smallest absolute Gasteiger partial charge is 0.147 e. The van der Waals surface area contributed by atoms with Gasteiger partial charge in [-0.2, -0.15) is 5.26 Å². The van der Waals surface area contributed by atoms with Crippen molar-refractivity contribution in [3.05, 3.63) is 0 Å². The summed E-state index contributed by atoms with van der Waals surface area (Å²) in [7, 11) is 0. The van der Waals surface area contributed by atoms with E-state index in [9.17, 15) is 5.26 Å². The Balaban J connectivity index is 1.58. The number of unbranched alkanes of at least 4 members (excludes halogenated alkanes) is 2. The quantitative estimate of drug-likeness (QED) is 0.340. The summed E-state index contributed by atoms with van der Waals surface area (Å²) in [4.78, 5) is 0. The van der Waals surface area contributed by atoms with Crippen molar-refractivity contribution in [1.82, 2.24) is 0 Å². The molecule has 0 heterocycles. The highest BCUT2D eigenvalue weighted by molar-refractivity contribution is 5.01. The number of hydrogen-bond donors (Lipinski definition) is 0. The fourth-order valence-corrected chi connectivity index (χ4v) is 4.67. The zero-order chi connectivity index (χ0) is 18.0. The number of nitriles is 1. The minimum absolute atomic E-state index is 0.0758. The minimum Gasteiger partial charge on any atom is -0.352 e. The Hall–Kier alpha value is -0.590. The van der Waals surface area contributed by atoms with Crippen molar-refractivity contribution < 1.29 is 9.47 Å². The molecule has 0 spiro atoms. The Bertz CT molecular complexity index is 387. The molecule has 0 amide bonds. The number of rotatable bonds is 10. The van der Waals surface area contributed by atoms with E-state index >= 15 is 0 Å². The third-order valence-corrected chi connectivity index (χ3v) is 6.48. The molecule has 3 heteroatoms. The Morgan fingerprint density at radius 3 is 2.08 bits per heavy atom. The van der Waals surface area contributed by atoms with Crippen LogP contribution >= 0.6 is 0 Å². The maximum atomic E-state index is 9.62. The fraction of sp³-hybridized carbons (Fsp3) is 0.955. The average Bonchev–Trinajstić information content (AvgIpc) is 2.65. The maximum Gasteiger partial charge on any atom is 0.147 e. The zero-order valence-electron chi connectivity index (χ0n) is 16.6. The monoisotopic (exact) mass is 349 g/mol. The summed E-state index contributed by atoms with van der Waals surface area (Å²) in [5.74, 6) is 0.927. The van der Waals surface area contributed by atoms with Crippen LogP contribution in [0.1, 0.15) is 104 Å². The van der Waals surface area contributed by atoms with E-state index in [1.165, 1.54) is 57.8 Å². The first-order valence-electron chi connectivity index (χ1n) is 10.9. The molecule has 0 saturated heterocycles. The molecule has 0 aromatic heterocycles. The molecule has 2 aliphatic carbocycles. The van der Waals surface area contributed by atoms with E-state index in [-0.39, 0.29) is 5.41 Å². The standard InChI is InChI=1S/C22H39NO2/c1-3-5-6-14-22(17-23)15-12-21(13-16-22)25-18-24-20-10-8-19(7-4-2)9-11-20/h19-21H,3-16,18H2,1-2H3. The Morgan fingerprint density at radius 2 is 1.52 bits per heavy atom. The number of ether oxygens (including phenoxy) is 2. The largest absolute Gasteiger partial charge is 0.352 e. The van der Waals surface area contributed by atoms with Crippen LogP contribution in [-0.4, -0.2) is 19.0 Å². The molecule has 25 heavy (non-hydrogen) atoms. The van der Waals surface area contributed by atoms with Crippen molar-refractivity contribution in [2.75, 3.05) is 6.79 Å². The van der Waals surface area contributed by atoms with Crippen LogP contribution in [0.3, 0.4) is 0 Å². The van der Waals surface area contributed by atoms with Crippen molar-refractivity contribution in [1.29, 1.82) is 5.26 Å². The molecule has 0 aromatic carbocycles. The first-order chi connectivity index (χ1) is 12.2. The predicted molar refractivity (Wildman–Crippen MR) is 102 cm³/mol. The van der Waals surface area contributed by atoms with Gasteiger partial charge in [0, 0.05) is 0 Å². The van der Waals surface area contributed by atoms with E-state index in [2.05, 4.69) is 19.9 Å². The van der Waals surface area contributed by atoms with Crippen LogP contribution < -0.4 is 0 Å². The molecule has 0 bridgehead atoms. The molecule has 0 atom stereocenters. The molecular weight excluding hydrogens is 310 g/mol. The van der Waals surface area contributed by atoms with E-state index in [0.29, 0.717) is 19.0 Å². The van der Waals surface area contributed by atoms with Gasteiger partial charge in [0.1, 0.15) is 6.79 Å². The summed E-state index contributed by atoms with van der Waals surface area (Å²) in [6.45, 7) is 4.95. The lowest BCUT2D eigenvalue weighted by Crippen LogP contribution is -2.31. The van der Waals surface area contributed by atoms with E-state index < -0.39 is 0 Å². The lowest BCUT2D eigenvalue weighted by atomic mass is 9.71. The molecule has 0 radical (unpaired) electrons. The summed E-state index contributed by atoms with van der Waals surface area (Å²) in [5.41, 5.74) is -0.0758. The van der Waals surface area contributed by atoms with Crippen LogP contribution in [0.15, 0.2) is 0 Å². The zero-order valence-corrected chi connectivity index (χ0v) is 16.6. The lowest BCUT2D eigenvalue weighted by molar-refractivity contribution is -0.137. The topological polar surface area (TPSA) is 42.2 Å². The molecule has 2 fully saturated rings. The van der Waals surface area contributed by atoms with Gasteiger partial charge in [0.2, 0.25) is 0 Å². The van der Waals surface area contributed by atoms with E-state index in [0.717, 1.165) is 38.0 Å². The molecule has 3 nitrogen and oxygen atoms in total. The van der Waals surface area contributed by atoms with Gasteiger partial charge < -0.3 is 9.47 Å². The maximum absolute atomic E-state index is 9.62. The fourth-order valence-electron chi connectivity index (χ4n) is 4.67. The summed E-state index contributed by atoms with van der Waals surface area (Å²) >= 11 is 0. The third-order valence-electron chi connectivity index (χ3n) is 6.48. The highest BCUT2D eigenvalue weighted by Gasteiger charge is 2.35. The molecule has 2 rings (SSSR count). The Kier molecular flexibility index (Phi) is 9.28. The van der Waals surface area contributed by atoms with Gasteiger partial charge in [-0.25, -0.2) is 0 Å². The third kappa shape index (κ3) is 6.91. The summed E-state index contributed by atoms with van der Waals surface area (Å²) in [5, 5.41) is 9.62. The van der Waals surface area contributed by atoms with Crippen LogP contribution in [0.2, 0.25) is 0 Å². The molecule has 0 aliphatic heterocycles. The van der Waals surface area contributed by atoms with Crippen molar-refractivity contribution in [2.24, 2.45) is 11.3 Å². The summed E-state index contributed by atoms with van der Waals surface area (Å²) in [6.07, 6.45) is 17.2. The predicted octanol–water partition coefficient (Wildman–Crippen LogP) is 6.37. The van der Waals surface area contributed by atoms with Gasteiger partial charge in [-0.05, 0) is 63.7 Å². The van der Waals surface area contributed by atoms with Gasteiger partial charge in [-0.15, -0.1) is 0 Å². The van der Waals surface area contributed by atoms with Crippen LogP contribution in [0.25, 0.3) is 0 Å². The normalized spacial score (nSPS) is 33.1. The molecule has 2 aliphatic rings. The van der Waals surface area contributed by atoms with Gasteiger partial charge in [-0.3, -0.25) is 0 Å². The Labute approximate surface area is 155 Å². The van der Waals surface area contributed by atoms with E-state index in [1.54, 1.807) is 0 Å². The highest BCUT2D eigenvalue weighted by Crippen LogP contribution is 2.41. The molecule has 0 unspecified atom stereocenters. The van der Waals surface area contributed by atoms with Crippen molar-refractivity contribution in [3.63, 3.8) is 0 Å². The molecule has 0 aromatic rings. The number of nitrogens with zero attached hydrogens (tertiary/aromatic N) is 1. The first-order valence-corrected chi connectivity index (χ1v) is 10.9. The van der Waals surface area contributed by atoms with Crippen LogP contribution in [-0.2, 0) is 9.47 Å². The summed E-state index contributed by atoms with van der Waals surface area (Å²) < 4.78 is 12.0. The minimum atomic E-state index is -0.0758. The second-order valence-corrected chi connectivity index (χ2v) is 8.43. The van der Waals surface area contributed by atoms with Gasteiger partial charge in [0.25, 0.3) is 0 Å². The van der Waals surface area contributed by atoms with Gasteiger partial charge in [0.15, 0.2) is 0 Å². The van der Waals surface area contributed by atoms with E-state index in [4.69, 9.17) is 9.47 Å². The second-order valence-electron chi connectivity index (χ2n) is 8.43. The van der Waals surface area contributed by atoms with Gasteiger partial charge >= 0.3 is 0 Å². The van der Waals surface area contributed by atoms with Crippen molar-refractivity contribution in [3.8, 4) is 6.07 Å². The SMILES string of the molecule is CCCCCC1(C#N)CCC(OCOC2CCC(CCC)CC2)CC1. The van der Waals surface area contributed by atoms with Crippen LogP contribution in [0, 0.1) is 22.7 Å². The molecule has 144 valence electrons. The molecular formula is C22H39NO2. The van der Waals surface area contributed by atoms with Gasteiger partial charge in [-0.1, -0.05) is 46.0 Å².